The number of hydrogen-bond acceptors (Lipinski definition) is 1. The van der Waals surface area contributed by atoms with Gasteiger partial charge in [-0.1, -0.05) is 36.2 Å². The predicted molar refractivity (Wildman–Crippen MR) is 77.4 cm³/mol. The molecule has 0 radical (unpaired) electrons. The van der Waals surface area contributed by atoms with Gasteiger partial charge in [-0.15, -0.1) is 0 Å². The standard InChI is InChI=1S/C14H16Cl2N2/c1-2-17-9-13-4-3-7-18(13)10-11-5-6-12(15)8-14(11)16/h3-8,17H,2,9-10H2,1H3. The number of halogens is 2. The van der Waals surface area contributed by atoms with Gasteiger partial charge in [0.25, 0.3) is 0 Å². The molecule has 0 aliphatic heterocycles. The minimum absolute atomic E-state index is 0.670. The molecule has 2 aromatic rings. The first-order valence-electron chi connectivity index (χ1n) is 5.99. The van der Waals surface area contributed by atoms with Gasteiger partial charge in [0.2, 0.25) is 0 Å². The third-order valence-electron chi connectivity index (χ3n) is 2.84. The van der Waals surface area contributed by atoms with Crippen molar-refractivity contribution in [1.29, 1.82) is 0 Å². The Kier molecular flexibility index (Phi) is 4.70. The van der Waals surface area contributed by atoms with Gasteiger partial charge in [0.15, 0.2) is 0 Å². The Hall–Kier alpha value is -0.960. The Morgan fingerprint density at radius 1 is 1.22 bits per heavy atom. The van der Waals surface area contributed by atoms with Crippen LogP contribution in [0.2, 0.25) is 10.0 Å². The quantitative estimate of drug-likeness (QED) is 0.879. The highest BCUT2D eigenvalue weighted by molar-refractivity contribution is 6.35. The van der Waals surface area contributed by atoms with Crippen LogP contribution in [-0.2, 0) is 13.1 Å². The number of hydrogen-bond donors (Lipinski definition) is 1. The van der Waals surface area contributed by atoms with E-state index in [0.717, 1.165) is 25.2 Å². The maximum Gasteiger partial charge on any atom is 0.0488 e. The average Bonchev–Trinajstić information content (AvgIpc) is 2.77. The molecule has 1 aromatic heterocycles. The second kappa shape index (κ2) is 6.28. The smallest absolute Gasteiger partial charge is 0.0488 e. The molecule has 0 saturated heterocycles. The molecule has 0 unspecified atom stereocenters. The second-order valence-corrected chi connectivity index (χ2v) is 4.99. The van der Waals surface area contributed by atoms with E-state index in [1.165, 1.54) is 5.69 Å². The van der Waals surface area contributed by atoms with Crippen molar-refractivity contribution in [2.24, 2.45) is 0 Å². The lowest BCUT2D eigenvalue weighted by atomic mass is 10.2. The van der Waals surface area contributed by atoms with Crippen molar-refractivity contribution >= 4 is 23.2 Å². The van der Waals surface area contributed by atoms with Crippen LogP contribution in [0.4, 0.5) is 0 Å². The molecule has 2 nitrogen and oxygen atoms in total. The van der Waals surface area contributed by atoms with Crippen LogP contribution in [0, 0.1) is 0 Å². The first kappa shape index (κ1) is 13.5. The summed E-state index contributed by atoms with van der Waals surface area (Å²) in [6.45, 7) is 4.70. The molecule has 1 N–H and O–H groups in total. The topological polar surface area (TPSA) is 17.0 Å². The molecule has 0 bridgehead atoms. The van der Waals surface area contributed by atoms with Crippen LogP contribution in [-0.4, -0.2) is 11.1 Å². The first-order valence-corrected chi connectivity index (χ1v) is 6.75. The van der Waals surface area contributed by atoms with Gasteiger partial charge < -0.3 is 9.88 Å². The molecular formula is C14H16Cl2N2. The normalized spacial score (nSPS) is 10.8. The third-order valence-corrected chi connectivity index (χ3v) is 3.42. The SMILES string of the molecule is CCNCc1cccn1Cc1ccc(Cl)cc1Cl. The Balaban J connectivity index is 2.15. The highest BCUT2D eigenvalue weighted by Crippen LogP contribution is 2.22. The summed E-state index contributed by atoms with van der Waals surface area (Å²) in [5.74, 6) is 0. The fourth-order valence-corrected chi connectivity index (χ4v) is 2.32. The number of aromatic nitrogens is 1. The molecule has 0 aliphatic carbocycles. The van der Waals surface area contributed by atoms with Gasteiger partial charge in [-0.2, -0.15) is 0 Å². The van der Waals surface area contributed by atoms with Crippen molar-refractivity contribution < 1.29 is 0 Å². The Morgan fingerprint density at radius 3 is 2.78 bits per heavy atom. The minimum atomic E-state index is 0.670. The van der Waals surface area contributed by atoms with Crippen molar-refractivity contribution in [3.8, 4) is 0 Å². The van der Waals surface area contributed by atoms with Crippen molar-refractivity contribution in [2.75, 3.05) is 6.54 Å². The van der Waals surface area contributed by atoms with Crippen LogP contribution in [0.25, 0.3) is 0 Å². The minimum Gasteiger partial charge on any atom is -0.346 e. The molecule has 0 saturated carbocycles. The molecule has 0 fully saturated rings. The zero-order valence-electron chi connectivity index (χ0n) is 10.3. The largest absolute Gasteiger partial charge is 0.346 e. The fourth-order valence-electron chi connectivity index (χ4n) is 1.85. The second-order valence-electron chi connectivity index (χ2n) is 4.14. The van der Waals surface area contributed by atoms with Crippen LogP contribution >= 0.6 is 23.2 Å². The monoisotopic (exact) mass is 282 g/mol. The van der Waals surface area contributed by atoms with E-state index in [4.69, 9.17) is 23.2 Å². The molecule has 18 heavy (non-hydrogen) atoms. The molecule has 0 aliphatic rings. The summed E-state index contributed by atoms with van der Waals surface area (Å²) in [5.41, 5.74) is 2.33. The number of nitrogens with zero attached hydrogens (tertiary/aromatic N) is 1. The van der Waals surface area contributed by atoms with E-state index in [-0.39, 0.29) is 0 Å². The lowest BCUT2D eigenvalue weighted by molar-refractivity contribution is 0.657. The van der Waals surface area contributed by atoms with E-state index < -0.39 is 0 Å². The zero-order chi connectivity index (χ0) is 13.0. The van der Waals surface area contributed by atoms with Gasteiger partial charge in [0.05, 0.1) is 0 Å². The van der Waals surface area contributed by atoms with Gasteiger partial charge in [-0.25, -0.2) is 0 Å². The molecule has 0 amide bonds. The Bertz CT molecular complexity index is 520. The van der Waals surface area contributed by atoms with Gasteiger partial charge >= 0.3 is 0 Å². The summed E-state index contributed by atoms with van der Waals surface area (Å²) in [4.78, 5) is 0. The molecule has 96 valence electrons. The van der Waals surface area contributed by atoms with E-state index in [1.807, 2.05) is 12.1 Å². The number of rotatable bonds is 5. The van der Waals surface area contributed by atoms with Gasteiger partial charge in [0, 0.05) is 35.0 Å². The summed E-state index contributed by atoms with van der Waals surface area (Å²) in [6, 6.07) is 9.80. The molecule has 1 aromatic carbocycles. The van der Waals surface area contributed by atoms with Gasteiger partial charge in [0.1, 0.15) is 0 Å². The molecule has 1 heterocycles. The highest BCUT2D eigenvalue weighted by atomic mass is 35.5. The molecule has 0 atom stereocenters. The van der Waals surface area contributed by atoms with E-state index in [0.29, 0.717) is 10.0 Å². The summed E-state index contributed by atoms with van der Waals surface area (Å²) in [5, 5.41) is 4.71. The summed E-state index contributed by atoms with van der Waals surface area (Å²) >= 11 is 12.1. The van der Waals surface area contributed by atoms with Gasteiger partial charge in [-0.05, 0) is 36.4 Å². The molecule has 0 spiro atoms. The maximum atomic E-state index is 6.19. The third kappa shape index (κ3) is 3.29. The van der Waals surface area contributed by atoms with E-state index >= 15 is 0 Å². The van der Waals surface area contributed by atoms with Crippen LogP contribution < -0.4 is 5.32 Å². The summed E-state index contributed by atoms with van der Waals surface area (Å²) in [6.07, 6.45) is 2.07. The average molecular weight is 283 g/mol. The van der Waals surface area contributed by atoms with Crippen LogP contribution in [0.1, 0.15) is 18.2 Å². The lowest BCUT2D eigenvalue weighted by Crippen LogP contribution is -2.15. The van der Waals surface area contributed by atoms with Gasteiger partial charge in [-0.3, -0.25) is 0 Å². The van der Waals surface area contributed by atoms with Crippen LogP contribution in [0.5, 0.6) is 0 Å². The molecule has 2 rings (SSSR count). The Morgan fingerprint density at radius 2 is 2.06 bits per heavy atom. The van der Waals surface area contributed by atoms with Crippen LogP contribution in [0.3, 0.4) is 0 Å². The first-order chi connectivity index (χ1) is 8.70. The maximum absolute atomic E-state index is 6.19. The van der Waals surface area contributed by atoms with Crippen molar-refractivity contribution in [1.82, 2.24) is 9.88 Å². The van der Waals surface area contributed by atoms with Crippen molar-refractivity contribution in [3.05, 3.63) is 57.8 Å². The van der Waals surface area contributed by atoms with Crippen molar-refractivity contribution in [2.45, 2.75) is 20.0 Å². The van der Waals surface area contributed by atoms with Crippen LogP contribution in [0.15, 0.2) is 36.5 Å². The number of benzene rings is 1. The zero-order valence-corrected chi connectivity index (χ0v) is 11.8. The predicted octanol–water partition coefficient (Wildman–Crippen LogP) is 3.95. The fraction of sp³-hybridized carbons (Fsp3) is 0.286. The number of nitrogens with one attached hydrogen (secondary N) is 1. The van der Waals surface area contributed by atoms with E-state index in [9.17, 15) is 0 Å². The van der Waals surface area contributed by atoms with E-state index in [2.05, 4.69) is 35.1 Å². The Labute approximate surface area is 118 Å². The van der Waals surface area contributed by atoms with E-state index in [1.54, 1.807) is 6.07 Å². The summed E-state index contributed by atoms with van der Waals surface area (Å²) in [7, 11) is 0. The summed E-state index contributed by atoms with van der Waals surface area (Å²) < 4.78 is 2.19. The molecule has 4 heteroatoms. The molecular weight excluding hydrogens is 267 g/mol. The highest BCUT2D eigenvalue weighted by Gasteiger charge is 2.05. The van der Waals surface area contributed by atoms with Crippen molar-refractivity contribution in [3.63, 3.8) is 0 Å². The lowest BCUT2D eigenvalue weighted by Gasteiger charge is -2.11.